The fourth-order valence-corrected chi connectivity index (χ4v) is 2.09. The van der Waals surface area contributed by atoms with Crippen molar-refractivity contribution >= 4 is 0 Å². The number of hydrogen-bond acceptors (Lipinski definition) is 1. The van der Waals surface area contributed by atoms with E-state index < -0.39 is 0 Å². The summed E-state index contributed by atoms with van der Waals surface area (Å²) in [5, 5.41) is 3.57. The van der Waals surface area contributed by atoms with E-state index in [-0.39, 0.29) is 5.82 Å². The fourth-order valence-electron chi connectivity index (χ4n) is 2.09. The first-order valence-corrected chi connectivity index (χ1v) is 7.04. The normalized spacial score (nSPS) is 13.0. The van der Waals surface area contributed by atoms with E-state index in [9.17, 15) is 4.39 Å². The van der Waals surface area contributed by atoms with E-state index >= 15 is 0 Å². The molecule has 0 spiro atoms. The van der Waals surface area contributed by atoms with Crippen molar-refractivity contribution in [3.63, 3.8) is 0 Å². The van der Waals surface area contributed by atoms with Gasteiger partial charge in [-0.2, -0.15) is 0 Å². The van der Waals surface area contributed by atoms with E-state index in [2.05, 4.69) is 26.1 Å². The van der Waals surface area contributed by atoms with Gasteiger partial charge in [-0.25, -0.2) is 4.39 Å². The number of rotatable bonds is 7. The summed E-state index contributed by atoms with van der Waals surface area (Å²) in [6, 6.07) is 5.83. The molecule has 2 heteroatoms. The fraction of sp³-hybridized carbons (Fsp3) is 0.625. The lowest BCUT2D eigenvalue weighted by Crippen LogP contribution is -2.22. The second kappa shape index (κ2) is 7.52. The summed E-state index contributed by atoms with van der Waals surface area (Å²) in [4.78, 5) is 0. The van der Waals surface area contributed by atoms with Crippen LogP contribution in [0.25, 0.3) is 0 Å². The maximum Gasteiger partial charge on any atom is 0.126 e. The lowest BCUT2D eigenvalue weighted by Gasteiger charge is -2.20. The zero-order chi connectivity index (χ0) is 13.5. The van der Waals surface area contributed by atoms with E-state index in [1.165, 1.54) is 12.0 Å². The van der Waals surface area contributed by atoms with Crippen LogP contribution in [-0.4, -0.2) is 6.54 Å². The molecule has 0 amide bonds. The Morgan fingerprint density at radius 3 is 2.50 bits per heavy atom. The molecule has 0 heterocycles. The standard InChI is InChI=1S/C16H26FN/c1-5-10-18-16(9-6-12(2)3)14-7-8-15(17)13(4)11-14/h7-8,11-12,16,18H,5-6,9-10H2,1-4H3. The van der Waals surface area contributed by atoms with Crippen LogP contribution in [0, 0.1) is 18.7 Å². The molecule has 0 radical (unpaired) electrons. The second-order valence-electron chi connectivity index (χ2n) is 5.49. The lowest BCUT2D eigenvalue weighted by molar-refractivity contribution is 0.440. The number of aryl methyl sites for hydroxylation is 1. The Labute approximate surface area is 111 Å². The van der Waals surface area contributed by atoms with Crippen LogP contribution < -0.4 is 5.32 Å². The van der Waals surface area contributed by atoms with Gasteiger partial charge in [-0.15, -0.1) is 0 Å². The smallest absolute Gasteiger partial charge is 0.126 e. The highest BCUT2D eigenvalue weighted by Crippen LogP contribution is 2.23. The summed E-state index contributed by atoms with van der Waals surface area (Å²) in [5.41, 5.74) is 1.95. The molecule has 1 aromatic rings. The molecule has 18 heavy (non-hydrogen) atoms. The predicted molar refractivity (Wildman–Crippen MR) is 76.2 cm³/mol. The number of hydrogen-bond donors (Lipinski definition) is 1. The molecular weight excluding hydrogens is 225 g/mol. The van der Waals surface area contributed by atoms with Gasteiger partial charge in [0.2, 0.25) is 0 Å². The number of halogens is 1. The van der Waals surface area contributed by atoms with E-state index in [1.54, 1.807) is 6.07 Å². The number of benzene rings is 1. The second-order valence-corrected chi connectivity index (χ2v) is 5.49. The molecule has 0 saturated carbocycles. The minimum Gasteiger partial charge on any atom is -0.310 e. The first kappa shape index (κ1) is 15.2. The van der Waals surface area contributed by atoms with Crippen LogP contribution >= 0.6 is 0 Å². The Hall–Kier alpha value is -0.890. The van der Waals surface area contributed by atoms with Crippen LogP contribution in [0.1, 0.15) is 57.2 Å². The summed E-state index contributed by atoms with van der Waals surface area (Å²) in [6.45, 7) is 9.50. The Morgan fingerprint density at radius 1 is 1.22 bits per heavy atom. The van der Waals surface area contributed by atoms with Crippen molar-refractivity contribution in [1.29, 1.82) is 0 Å². The molecule has 0 aliphatic rings. The summed E-state index contributed by atoms with van der Waals surface area (Å²) < 4.78 is 13.3. The topological polar surface area (TPSA) is 12.0 Å². The van der Waals surface area contributed by atoms with E-state index in [4.69, 9.17) is 0 Å². The molecular formula is C16H26FN. The maximum absolute atomic E-state index is 13.3. The lowest BCUT2D eigenvalue weighted by atomic mass is 9.96. The minimum absolute atomic E-state index is 0.114. The van der Waals surface area contributed by atoms with Gasteiger partial charge < -0.3 is 5.32 Å². The summed E-state index contributed by atoms with van der Waals surface area (Å²) >= 11 is 0. The quantitative estimate of drug-likeness (QED) is 0.746. The van der Waals surface area contributed by atoms with E-state index in [0.717, 1.165) is 24.9 Å². The monoisotopic (exact) mass is 251 g/mol. The number of nitrogens with one attached hydrogen (secondary N) is 1. The molecule has 0 aromatic heterocycles. The highest BCUT2D eigenvalue weighted by Gasteiger charge is 2.12. The highest BCUT2D eigenvalue weighted by molar-refractivity contribution is 5.26. The van der Waals surface area contributed by atoms with Gasteiger partial charge >= 0.3 is 0 Å². The molecule has 1 rings (SSSR count). The van der Waals surface area contributed by atoms with Gasteiger partial charge in [-0.05, 0) is 55.8 Å². The van der Waals surface area contributed by atoms with Gasteiger partial charge in [0.05, 0.1) is 0 Å². The maximum atomic E-state index is 13.3. The van der Waals surface area contributed by atoms with Crippen molar-refractivity contribution in [3.05, 3.63) is 35.1 Å². The SMILES string of the molecule is CCCNC(CCC(C)C)c1ccc(F)c(C)c1. The van der Waals surface area contributed by atoms with Gasteiger partial charge in [-0.3, -0.25) is 0 Å². The highest BCUT2D eigenvalue weighted by atomic mass is 19.1. The van der Waals surface area contributed by atoms with Crippen LogP contribution in [-0.2, 0) is 0 Å². The van der Waals surface area contributed by atoms with Crippen molar-refractivity contribution in [2.45, 2.75) is 53.0 Å². The zero-order valence-corrected chi connectivity index (χ0v) is 12.1. The average molecular weight is 251 g/mol. The third-order valence-electron chi connectivity index (χ3n) is 3.26. The molecule has 1 N–H and O–H groups in total. The van der Waals surface area contributed by atoms with Crippen molar-refractivity contribution in [2.75, 3.05) is 6.54 Å². The Kier molecular flexibility index (Phi) is 6.34. The van der Waals surface area contributed by atoms with Crippen LogP contribution in [0.2, 0.25) is 0 Å². The Bertz CT molecular complexity index is 360. The summed E-state index contributed by atoms with van der Waals surface area (Å²) in [5.74, 6) is 0.592. The van der Waals surface area contributed by atoms with Crippen molar-refractivity contribution in [1.82, 2.24) is 5.32 Å². The summed E-state index contributed by atoms with van der Waals surface area (Å²) in [7, 11) is 0. The van der Waals surface area contributed by atoms with E-state index in [0.29, 0.717) is 12.0 Å². The molecule has 0 saturated heterocycles. The molecule has 102 valence electrons. The van der Waals surface area contributed by atoms with Crippen molar-refractivity contribution in [3.8, 4) is 0 Å². The van der Waals surface area contributed by atoms with Gasteiger partial charge in [0.15, 0.2) is 0 Å². The van der Waals surface area contributed by atoms with Crippen molar-refractivity contribution < 1.29 is 4.39 Å². The van der Waals surface area contributed by atoms with Crippen LogP contribution in [0.15, 0.2) is 18.2 Å². The van der Waals surface area contributed by atoms with Gasteiger partial charge in [0.1, 0.15) is 5.82 Å². The first-order chi connectivity index (χ1) is 8.54. The molecule has 0 aliphatic heterocycles. The predicted octanol–water partition coefficient (Wildman–Crippen LogP) is 4.61. The van der Waals surface area contributed by atoms with Crippen LogP contribution in [0.4, 0.5) is 4.39 Å². The third-order valence-corrected chi connectivity index (χ3v) is 3.26. The third kappa shape index (κ3) is 4.77. The molecule has 0 aliphatic carbocycles. The molecule has 1 aromatic carbocycles. The molecule has 1 unspecified atom stereocenters. The molecule has 0 bridgehead atoms. The van der Waals surface area contributed by atoms with Gasteiger partial charge in [0.25, 0.3) is 0 Å². The Morgan fingerprint density at radius 2 is 1.94 bits per heavy atom. The molecule has 0 fully saturated rings. The molecule has 1 nitrogen and oxygen atoms in total. The van der Waals surface area contributed by atoms with Gasteiger partial charge in [0, 0.05) is 6.04 Å². The summed E-state index contributed by atoms with van der Waals surface area (Å²) in [6.07, 6.45) is 3.43. The van der Waals surface area contributed by atoms with Gasteiger partial charge in [-0.1, -0.05) is 32.9 Å². The van der Waals surface area contributed by atoms with Crippen LogP contribution in [0.5, 0.6) is 0 Å². The minimum atomic E-state index is -0.114. The molecule has 1 atom stereocenters. The zero-order valence-electron chi connectivity index (χ0n) is 12.1. The largest absolute Gasteiger partial charge is 0.310 e. The van der Waals surface area contributed by atoms with Crippen molar-refractivity contribution in [2.24, 2.45) is 5.92 Å². The van der Waals surface area contributed by atoms with Crippen LogP contribution in [0.3, 0.4) is 0 Å². The van der Waals surface area contributed by atoms with E-state index in [1.807, 2.05) is 19.1 Å². The average Bonchev–Trinajstić information content (AvgIpc) is 2.33. The Balaban J connectivity index is 2.76. The first-order valence-electron chi connectivity index (χ1n) is 7.04.